The summed E-state index contributed by atoms with van der Waals surface area (Å²) in [5.74, 6) is 5.44. The molecule has 2 heteroatoms. The van der Waals surface area contributed by atoms with Crippen LogP contribution in [0.15, 0.2) is 0 Å². The molecule has 2 nitrogen and oxygen atoms in total. The highest BCUT2D eigenvalue weighted by Crippen LogP contribution is 2.68. The van der Waals surface area contributed by atoms with Crippen LogP contribution < -0.4 is 0 Å². The molecule has 1 saturated heterocycles. The van der Waals surface area contributed by atoms with E-state index < -0.39 is 0 Å². The van der Waals surface area contributed by atoms with E-state index >= 15 is 0 Å². The summed E-state index contributed by atoms with van der Waals surface area (Å²) in [5.41, 5.74) is 1.17. The number of hydrogen-bond donors (Lipinski definition) is 0. The van der Waals surface area contributed by atoms with Gasteiger partial charge in [0.15, 0.2) is 0 Å². The fourth-order valence-corrected chi connectivity index (χ4v) is 9.09. The van der Waals surface area contributed by atoms with E-state index in [2.05, 4.69) is 13.8 Å². The highest BCUT2D eigenvalue weighted by Gasteiger charge is 2.60. The fourth-order valence-electron chi connectivity index (χ4n) is 9.09. The van der Waals surface area contributed by atoms with Crippen molar-refractivity contribution in [2.75, 3.05) is 6.61 Å². The first-order valence-corrected chi connectivity index (χ1v) is 11.7. The third kappa shape index (κ3) is 2.46. The molecule has 5 fully saturated rings. The zero-order valence-corrected chi connectivity index (χ0v) is 17.0. The molecule has 4 aliphatic carbocycles. The van der Waals surface area contributed by atoms with Gasteiger partial charge in [-0.3, -0.25) is 4.79 Å². The summed E-state index contributed by atoms with van der Waals surface area (Å²) in [6.45, 7) is 6.03. The molecule has 8 unspecified atom stereocenters. The highest BCUT2D eigenvalue weighted by molar-refractivity contribution is 5.69. The van der Waals surface area contributed by atoms with Crippen LogP contribution >= 0.6 is 0 Å². The third-order valence-corrected chi connectivity index (χ3v) is 10.4. The lowest BCUT2D eigenvalue weighted by molar-refractivity contribution is -0.154. The lowest BCUT2D eigenvalue weighted by Gasteiger charge is -2.61. The molecule has 5 rings (SSSR count). The van der Waals surface area contributed by atoms with Gasteiger partial charge in [-0.15, -0.1) is 0 Å². The van der Waals surface area contributed by atoms with Crippen LogP contribution in [0.2, 0.25) is 0 Å². The van der Waals surface area contributed by atoms with Gasteiger partial charge in [-0.05, 0) is 104 Å². The molecule has 0 aromatic carbocycles. The molecular formula is C24H38O2. The van der Waals surface area contributed by atoms with Gasteiger partial charge in [-0.1, -0.05) is 26.7 Å². The average Bonchev–Trinajstić information content (AvgIpc) is 2.99. The van der Waals surface area contributed by atoms with E-state index in [1.807, 2.05) is 0 Å². The Labute approximate surface area is 159 Å². The molecule has 26 heavy (non-hydrogen) atoms. The normalized spacial score (nSPS) is 54.0. The molecule has 5 aliphatic rings. The van der Waals surface area contributed by atoms with E-state index in [0.717, 1.165) is 36.0 Å². The Hall–Kier alpha value is -0.530. The molecule has 0 aromatic heterocycles. The Bertz CT molecular complexity index is 561. The van der Waals surface area contributed by atoms with Crippen LogP contribution in [0.3, 0.4) is 0 Å². The van der Waals surface area contributed by atoms with E-state index in [1.54, 1.807) is 0 Å². The lowest BCUT2D eigenvalue weighted by atomic mass is 9.44. The Morgan fingerprint density at radius 1 is 0.808 bits per heavy atom. The van der Waals surface area contributed by atoms with Gasteiger partial charge in [0, 0.05) is 6.42 Å². The first-order valence-electron chi connectivity index (χ1n) is 11.7. The predicted molar refractivity (Wildman–Crippen MR) is 104 cm³/mol. The second-order valence-electron chi connectivity index (χ2n) is 11.1. The number of hydrogen-bond acceptors (Lipinski definition) is 2. The van der Waals surface area contributed by atoms with Crippen LogP contribution in [-0.2, 0) is 9.53 Å². The smallest absolute Gasteiger partial charge is 0.305 e. The number of esters is 1. The summed E-state index contributed by atoms with van der Waals surface area (Å²) in [5, 5.41) is 0. The van der Waals surface area contributed by atoms with E-state index in [9.17, 15) is 4.79 Å². The molecule has 0 spiro atoms. The van der Waals surface area contributed by atoms with Crippen molar-refractivity contribution >= 4 is 5.97 Å². The molecule has 0 amide bonds. The molecule has 4 saturated carbocycles. The fraction of sp³-hybridized carbons (Fsp3) is 0.958. The maximum absolute atomic E-state index is 11.5. The average molecular weight is 359 g/mol. The Kier molecular flexibility index (Phi) is 4.22. The second kappa shape index (κ2) is 6.24. The molecule has 1 heterocycles. The number of cyclic esters (lactones) is 1. The number of carbonyl (C=O) groups excluding carboxylic acids is 1. The summed E-state index contributed by atoms with van der Waals surface area (Å²) in [6, 6.07) is 0. The number of carbonyl (C=O) groups is 1. The molecule has 0 bridgehead atoms. The van der Waals surface area contributed by atoms with Crippen molar-refractivity contribution in [1.82, 2.24) is 0 Å². The van der Waals surface area contributed by atoms with Gasteiger partial charge in [0.05, 0.1) is 6.61 Å². The van der Waals surface area contributed by atoms with E-state index in [-0.39, 0.29) is 5.97 Å². The quantitative estimate of drug-likeness (QED) is 0.538. The predicted octanol–water partition coefficient (Wildman–Crippen LogP) is 5.99. The van der Waals surface area contributed by atoms with Crippen LogP contribution in [0.5, 0.6) is 0 Å². The largest absolute Gasteiger partial charge is 0.465 e. The summed E-state index contributed by atoms with van der Waals surface area (Å²) in [4.78, 5) is 11.5. The molecule has 0 radical (unpaired) electrons. The van der Waals surface area contributed by atoms with Gasteiger partial charge in [0.25, 0.3) is 0 Å². The summed E-state index contributed by atoms with van der Waals surface area (Å²) < 4.78 is 5.48. The molecule has 0 N–H and O–H groups in total. The first kappa shape index (κ1) is 17.6. The highest BCUT2D eigenvalue weighted by atomic mass is 16.5. The summed E-state index contributed by atoms with van der Waals surface area (Å²) >= 11 is 0. The molecule has 146 valence electrons. The maximum atomic E-state index is 11.5. The van der Waals surface area contributed by atoms with Crippen molar-refractivity contribution in [3.8, 4) is 0 Å². The van der Waals surface area contributed by atoms with Crippen LogP contribution in [-0.4, -0.2) is 12.6 Å². The molecular weight excluding hydrogens is 320 g/mol. The van der Waals surface area contributed by atoms with Crippen molar-refractivity contribution < 1.29 is 9.53 Å². The minimum absolute atomic E-state index is 0.0354. The number of ether oxygens (including phenoxy) is 1. The van der Waals surface area contributed by atoms with Crippen molar-refractivity contribution in [3.63, 3.8) is 0 Å². The minimum atomic E-state index is 0.0354. The lowest BCUT2D eigenvalue weighted by Crippen LogP contribution is -2.53. The van der Waals surface area contributed by atoms with Crippen molar-refractivity contribution in [1.29, 1.82) is 0 Å². The van der Waals surface area contributed by atoms with Gasteiger partial charge in [0.2, 0.25) is 0 Å². The zero-order chi connectivity index (χ0) is 17.9. The van der Waals surface area contributed by atoms with Gasteiger partial charge in [-0.25, -0.2) is 0 Å². The Morgan fingerprint density at radius 2 is 1.62 bits per heavy atom. The Morgan fingerprint density at radius 3 is 2.42 bits per heavy atom. The van der Waals surface area contributed by atoms with Crippen LogP contribution in [0.4, 0.5) is 0 Å². The van der Waals surface area contributed by atoms with Crippen molar-refractivity contribution in [2.45, 2.75) is 90.9 Å². The van der Waals surface area contributed by atoms with Gasteiger partial charge in [-0.2, -0.15) is 0 Å². The molecule has 1 aliphatic heterocycles. The maximum Gasteiger partial charge on any atom is 0.305 e. The third-order valence-electron chi connectivity index (χ3n) is 10.4. The van der Waals surface area contributed by atoms with Crippen LogP contribution in [0, 0.1) is 46.3 Å². The monoisotopic (exact) mass is 358 g/mol. The van der Waals surface area contributed by atoms with E-state index in [0.29, 0.717) is 29.8 Å². The molecule has 8 atom stereocenters. The SMILES string of the molecule is CC12CCCCC1CCC1C2CCC2(C)C(C3CCC(=O)OC3)CCC12. The minimum Gasteiger partial charge on any atom is -0.465 e. The van der Waals surface area contributed by atoms with Gasteiger partial charge in [0.1, 0.15) is 0 Å². The van der Waals surface area contributed by atoms with Crippen molar-refractivity contribution in [3.05, 3.63) is 0 Å². The topological polar surface area (TPSA) is 26.3 Å². The van der Waals surface area contributed by atoms with Crippen LogP contribution in [0.1, 0.15) is 90.9 Å². The van der Waals surface area contributed by atoms with Crippen LogP contribution in [0.25, 0.3) is 0 Å². The van der Waals surface area contributed by atoms with Gasteiger partial charge >= 0.3 is 5.97 Å². The van der Waals surface area contributed by atoms with Gasteiger partial charge < -0.3 is 4.74 Å². The van der Waals surface area contributed by atoms with E-state index in [4.69, 9.17) is 4.74 Å². The zero-order valence-electron chi connectivity index (χ0n) is 17.0. The first-order chi connectivity index (χ1) is 12.5. The number of fused-ring (bicyclic) bond motifs is 5. The summed E-state index contributed by atoms with van der Waals surface area (Å²) in [7, 11) is 0. The van der Waals surface area contributed by atoms with E-state index in [1.165, 1.54) is 64.2 Å². The Balaban J connectivity index is 1.37. The van der Waals surface area contributed by atoms with Crippen molar-refractivity contribution in [2.24, 2.45) is 46.3 Å². The standard InChI is InChI=1S/C24H38O2/c1-23-13-4-3-5-17(23)7-8-18-20-10-9-19(16-6-11-22(25)26-15-16)24(20,2)14-12-21(18)23/h16-21H,3-15H2,1-2H3. The summed E-state index contributed by atoms with van der Waals surface area (Å²) in [6.07, 6.45) is 16.5. The number of rotatable bonds is 1. The molecule has 0 aromatic rings. The second-order valence-corrected chi connectivity index (χ2v) is 11.1.